The number of nitrogens with zero attached hydrogens (tertiary/aromatic N) is 4. The van der Waals surface area contributed by atoms with E-state index in [9.17, 15) is 4.79 Å². The van der Waals surface area contributed by atoms with E-state index in [1.54, 1.807) is 29.2 Å². The number of hydrogen-bond donors (Lipinski definition) is 1. The fraction of sp³-hybridized carbons (Fsp3) is 0.0909. The molecule has 0 bridgehead atoms. The van der Waals surface area contributed by atoms with Crippen LogP contribution in [0, 0.1) is 6.92 Å². The number of aromatic nitrogens is 4. The molecule has 7 heteroatoms. The van der Waals surface area contributed by atoms with E-state index < -0.39 is 0 Å². The minimum Gasteiger partial charge on any atom is -0.346 e. The molecule has 0 saturated carbocycles. The Bertz CT molecular complexity index is 1160. The van der Waals surface area contributed by atoms with Gasteiger partial charge in [-0.25, -0.2) is 4.68 Å². The van der Waals surface area contributed by atoms with Gasteiger partial charge in [0.05, 0.1) is 5.69 Å². The Morgan fingerprint density at radius 1 is 1.07 bits per heavy atom. The molecule has 6 nitrogen and oxygen atoms in total. The van der Waals surface area contributed by atoms with Gasteiger partial charge < -0.3 is 5.32 Å². The molecule has 0 fully saturated rings. The van der Waals surface area contributed by atoms with Gasteiger partial charge >= 0.3 is 0 Å². The van der Waals surface area contributed by atoms with Crippen molar-refractivity contribution in [2.75, 3.05) is 0 Å². The fourth-order valence-corrected chi connectivity index (χ4v) is 3.24. The lowest BCUT2D eigenvalue weighted by Gasteiger charge is -2.10. The molecular formula is C22H18ClN5O. The molecule has 4 aromatic rings. The molecule has 0 radical (unpaired) electrons. The van der Waals surface area contributed by atoms with Crippen molar-refractivity contribution in [3.8, 4) is 16.9 Å². The third-order valence-electron chi connectivity index (χ3n) is 4.59. The molecule has 2 heterocycles. The van der Waals surface area contributed by atoms with E-state index in [0.29, 0.717) is 17.3 Å². The van der Waals surface area contributed by atoms with Crippen LogP contribution in [0.5, 0.6) is 0 Å². The van der Waals surface area contributed by atoms with E-state index in [4.69, 9.17) is 11.6 Å². The maximum atomic E-state index is 13.0. The standard InChI is InChI=1S/C22H18ClN5O/c1-15-5-2-3-6-17(15)14-25-22(29)20-21(16-9-11-24-12-10-16)28(27-26-20)19-8-4-7-18(23)13-19/h2-13H,14H2,1H3,(H,25,29). The van der Waals surface area contributed by atoms with E-state index in [1.165, 1.54) is 0 Å². The van der Waals surface area contributed by atoms with Crippen LogP contribution in [0.3, 0.4) is 0 Å². The molecule has 29 heavy (non-hydrogen) atoms. The third-order valence-corrected chi connectivity index (χ3v) is 4.83. The maximum Gasteiger partial charge on any atom is 0.274 e. The summed E-state index contributed by atoms with van der Waals surface area (Å²) in [4.78, 5) is 17.0. The molecule has 0 unspecified atom stereocenters. The van der Waals surface area contributed by atoms with Crippen LogP contribution >= 0.6 is 11.6 Å². The number of nitrogens with one attached hydrogen (secondary N) is 1. The molecule has 0 aliphatic heterocycles. The summed E-state index contributed by atoms with van der Waals surface area (Å²) in [6, 6.07) is 18.8. The van der Waals surface area contributed by atoms with Crippen molar-refractivity contribution in [2.45, 2.75) is 13.5 Å². The third kappa shape index (κ3) is 4.02. The van der Waals surface area contributed by atoms with E-state index >= 15 is 0 Å². The zero-order chi connectivity index (χ0) is 20.2. The topological polar surface area (TPSA) is 72.7 Å². The number of pyridine rings is 1. The van der Waals surface area contributed by atoms with Gasteiger partial charge in [0.1, 0.15) is 5.69 Å². The highest BCUT2D eigenvalue weighted by Crippen LogP contribution is 2.26. The first-order valence-electron chi connectivity index (χ1n) is 9.08. The van der Waals surface area contributed by atoms with Crippen molar-refractivity contribution in [1.82, 2.24) is 25.3 Å². The lowest BCUT2D eigenvalue weighted by atomic mass is 10.1. The minimum absolute atomic E-state index is 0.241. The van der Waals surface area contributed by atoms with Crippen LogP contribution in [0.4, 0.5) is 0 Å². The van der Waals surface area contributed by atoms with Crippen molar-refractivity contribution in [3.05, 3.63) is 94.9 Å². The first-order chi connectivity index (χ1) is 14.1. The highest BCUT2D eigenvalue weighted by Gasteiger charge is 2.22. The molecule has 0 aliphatic rings. The Morgan fingerprint density at radius 3 is 2.62 bits per heavy atom. The van der Waals surface area contributed by atoms with Gasteiger partial charge in [-0.2, -0.15) is 0 Å². The Balaban J connectivity index is 1.72. The largest absolute Gasteiger partial charge is 0.346 e. The summed E-state index contributed by atoms with van der Waals surface area (Å²) in [7, 11) is 0. The van der Waals surface area contributed by atoms with E-state index in [0.717, 1.165) is 22.4 Å². The molecule has 2 aromatic carbocycles. The Morgan fingerprint density at radius 2 is 1.86 bits per heavy atom. The van der Waals surface area contributed by atoms with Crippen molar-refractivity contribution in [3.63, 3.8) is 0 Å². The van der Waals surface area contributed by atoms with E-state index in [-0.39, 0.29) is 11.6 Å². The van der Waals surface area contributed by atoms with Gasteiger partial charge in [-0.05, 0) is 48.4 Å². The summed E-state index contributed by atoms with van der Waals surface area (Å²) in [5.74, 6) is -0.298. The van der Waals surface area contributed by atoms with Crippen LogP contribution < -0.4 is 5.32 Å². The average molecular weight is 404 g/mol. The van der Waals surface area contributed by atoms with Crippen LogP contribution in [0.2, 0.25) is 5.02 Å². The summed E-state index contributed by atoms with van der Waals surface area (Å²) >= 11 is 6.14. The van der Waals surface area contributed by atoms with E-state index in [1.807, 2.05) is 55.5 Å². The van der Waals surface area contributed by atoms with E-state index in [2.05, 4.69) is 20.6 Å². The SMILES string of the molecule is Cc1ccccc1CNC(=O)c1nnn(-c2cccc(Cl)c2)c1-c1ccncc1. The molecule has 2 aromatic heterocycles. The second-order valence-corrected chi connectivity index (χ2v) is 6.96. The number of amides is 1. The zero-order valence-corrected chi connectivity index (χ0v) is 16.5. The van der Waals surface area contributed by atoms with Gasteiger partial charge in [0, 0.05) is 29.5 Å². The van der Waals surface area contributed by atoms with Crippen molar-refractivity contribution < 1.29 is 4.79 Å². The van der Waals surface area contributed by atoms with Crippen LogP contribution in [-0.4, -0.2) is 25.9 Å². The monoisotopic (exact) mass is 403 g/mol. The highest BCUT2D eigenvalue weighted by atomic mass is 35.5. The Hall–Kier alpha value is -3.51. The van der Waals surface area contributed by atoms with Gasteiger partial charge in [-0.1, -0.05) is 47.1 Å². The predicted molar refractivity (Wildman–Crippen MR) is 112 cm³/mol. The smallest absolute Gasteiger partial charge is 0.274 e. The highest BCUT2D eigenvalue weighted by molar-refractivity contribution is 6.30. The van der Waals surface area contributed by atoms with Crippen molar-refractivity contribution in [2.24, 2.45) is 0 Å². The molecule has 1 N–H and O–H groups in total. The molecular weight excluding hydrogens is 386 g/mol. The number of halogens is 1. The molecule has 0 saturated heterocycles. The summed E-state index contributed by atoms with van der Waals surface area (Å²) in [5.41, 5.74) is 4.49. The first-order valence-corrected chi connectivity index (χ1v) is 9.46. The van der Waals surface area contributed by atoms with Crippen LogP contribution in [0.25, 0.3) is 16.9 Å². The molecule has 144 valence electrons. The summed E-state index contributed by atoms with van der Waals surface area (Å²) < 4.78 is 1.61. The fourth-order valence-electron chi connectivity index (χ4n) is 3.06. The molecule has 4 rings (SSSR count). The summed E-state index contributed by atoms with van der Waals surface area (Å²) in [5, 5.41) is 11.9. The van der Waals surface area contributed by atoms with Gasteiger partial charge in [0.25, 0.3) is 5.91 Å². The lowest BCUT2D eigenvalue weighted by Crippen LogP contribution is -2.24. The van der Waals surface area contributed by atoms with Crippen molar-refractivity contribution in [1.29, 1.82) is 0 Å². The molecule has 0 spiro atoms. The molecule has 1 amide bonds. The number of rotatable bonds is 5. The molecule has 0 aliphatic carbocycles. The van der Waals surface area contributed by atoms with Crippen LogP contribution in [0.15, 0.2) is 73.1 Å². The summed E-state index contributed by atoms with van der Waals surface area (Å²) in [6.45, 7) is 2.42. The molecule has 0 atom stereocenters. The quantitative estimate of drug-likeness (QED) is 0.541. The zero-order valence-electron chi connectivity index (χ0n) is 15.7. The van der Waals surface area contributed by atoms with Crippen LogP contribution in [0.1, 0.15) is 21.6 Å². The van der Waals surface area contributed by atoms with Gasteiger partial charge in [0.2, 0.25) is 0 Å². The number of carbonyl (C=O) groups is 1. The van der Waals surface area contributed by atoms with Gasteiger partial charge in [-0.15, -0.1) is 5.10 Å². The van der Waals surface area contributed by atoms with Crippen molar-refractivity contribution >= 4 is 17.5 Å². The summed E-state index contributed by atoms with van der Waals surface area (Å²) in [6.07, 6.45) is 3.33. The first kappa shape index (κ1) is 18.8. The van der Waals surface area contributed by atoms with Gasteiger partial charge in [-0.3, -0.25) is 9.78 Å². The normalized spacial score (nSPS) is 10.7. The lowest BCUT2D eigenvalue weighted by molar-refractivity contribution is 0.0946. The number of hydrogen-bond acceptors (Lipinski definition) is 4. The predicted octanol–water partition coefficient (Wildman–Crippen LogP) is 4.22. The number of aryl methyl sites for hydroxylation is 1. The van der Waals surface area contributed by atoms with Crippen LogP contribution in [-0.2, 0) is 6.54 Å². The second-order valence-electron chi connectivity index (χ2n) is 6.52. The Kier molecular flexibility index (Phi) is 5.35. The number of benzene rings is 2. The second kappa shape index (κ2) is 8.24. The van der Waals surface area contributed by atoms with Gasteiger partial charge in [0.15, 0.2) is 5.69 Å². The number of carbonyl (C=O) groups excluding carboxylic acids is 1. The minimum atomic E-state index is -0.298. The average Bonchev–Trinajstić information content (AvgIpc) is 3.19. The Labute approximate surface area is 173 Å². The maximum absolute atomic E-state index is 13.0.